The molecule has 2 fully saturated rings. The maximum Gasteiger partial charge on any atom is 0.306 e. The largest absolute Gasteiger partial charge is 0.507 e. The molecular formula is C43H66O10. The molecule has 4 rings (SSSR count). The first-order chi connectivity index (χ1) is 24.2. The number of phenols is 2. The zero-order chi connectivity index (χ0) is 40.2. The normalized spacial score (nSPS) is 21.2. The van der Waals surface area contributed by atoms with Gasteiger partial charge in [0.15, 0.2) is 12.6 Å². The van der Waals surface area contributed by atoms with Crippen molar-refractivity contribution in [3.05, 3.63) is 57.6 Å². The molecule has 10 heteroatoms. The van der Waals surface area contributed by atoms with Crippen LogP contribution in [0.5, 0.6) is 11.5 Å². The van der Waals surface area contributed by atoms with Gasteiger partial charge in [-0.3, -0.25) is 9.59 Å². The Balaban J connectivity index is 0.000000372. The average Bonchev–Trinajstić information content (AvgIpc) is 3.04. The van der Waals surface area contributed by atoms with E-state index < -0.39 is 17.7 Å². The van der Waals surface area contributed by atoms with Gasteiger partial charge in [-0.15, -0.1) is 0 Å². The molecule has 2 aromatic rings. The second-order valence-electron chi connectivity index (χ2n) is 18.9. The Hall–Kier alpha value is -3.18. The second kappa shape index (κ2) is 17.1. The molecule has 1 spiro atoms. The van der Waals surface area contributed by atoms with Gasteiger partial charge in [0.1, 0.15) is 18.1 Å². The molecule has 2 saturated heterocycles. The number of benzene rings is 2. The van der Waals surface area contributed by atoms with E-state index in [0.29, 0.717) is 50.8 Å². The van der Waals surface area contributed by atoms with Gasteiger partial charge in [0, 0.05) is 23.7 Å². The van der Waals surface area contributed by atoms with Crippen molar-refractivity contribution in [2.45, 2.75) is 139 Å². The lowest BCUT2D eigenvalue weighted by molar-refractivity contribution is -0.334. The van der Waals surface area contributed by atoms with E-state index in [1.54, 1.807) is 0 Å². The Morgan fingerprint density at radius 1 is 0.679 bits per heavy atom. The lowest BCUT2D eigenvalue weighted by Gasteiger charge is -2.48. The van der Waals surface area contributed by atoms with Crippen LogP contribution in [0.2, 0.25) is 0 Å². The van der Waals surface area contributed by atoms with Crippen LogP contribution in [-0.4, -0.2) is 72.9 Å². The van der Waals surface area contributed by atoms with E-state index in [1.165, 1.54) is 0 Å². The van der Waals surface area contributed by atoms with Gasteiger partial charge in [0.2, 0.25) is 0 Å². The molecule has 0 radical (unpaired) electrons. The van der Waals surface area contributed by atoms with Gasteiger partial charge in [-0.2, -0.15) is 0 Å². The second-order valence-corrected chi connectivity index (χ2v) is 18.9. The molecular weight excluding hydrogens is 676 g/mol. The summed E-state index contributed by atoms with van der Waals surface area (Å²) in [4.78, 5) is 23.1. The van der Waals surface area contributed by atoms with E-state index in [9.17, 15) is 19.8 Å². The summed E-state index contributed by atoms with van der Waals surface area (Å²) >= 11 is 0. The van der Waals surface area contributed by atoms with Crippen molar-refractivity contribution >= 4 is 11.9 Å². The predicted octanol–water partition coefficient (Wildman–Crippen LogP) is 8.29. The minimum absolute atomic E-state index is 0.0810. The molecule has 298 valence electrons. The molecule has 2 aliphatic rings. The number of ether oxygens (including phenoxy) is 5. The molecule has 0 atom stereocenters. The van der Waals surface area contributed by atoms with Crippen molar-refractivity contribution < 1.29 is 48.6 Å². The van der Waals surface area contributed by atoms with E-state index in [1.807, 2.05) is 72.7 Å². The Kier molecular flexibility index (Phi) is 14.3. The van der Waals surface area contributed by atoms with Crippen LogP contribution in [0.25, 0.3) is 0 Å². The Labute approximate surface area is 317 Å². The van der Waals surface area contributed by atoms with Gasteiger partial charge in [0.25, 0.3) is 0 Å². The number of phenolic OH excluding ortho intramolecular Hbond substituents is 2. The summed E-state index contributed by atoms with van der Waals surface area (Å²) in [6.07, 6.45) is 0.724. The van der Waals surface area contributed by atoms with E-state index in [-0.39, 0.29) is 53.4 Å². The van der Waals surface area contributed by atoms with Gasteiger partial charge in [0.05, 0.1) is 31.8 Å². The third-order valence-electron chi connectivity index (χ3n) is 9.70. The Morgan fingerprint density at radius 2 is 1.08 bits per heavy atom. The van der Waals surface area contributed by atoms with Crippen molar-refractivity contribution in [2.75, 3.05) is 33.0 Å². The molecule has 2 aliphatic heterocycles. The molecule has 3 N–H and O–H groups in total. The van der Waals surface area contributed by atoms with Crippen LogP contribution < -0.4 is 0 Å². The molecule has 0 amide bonds. The monoisotopic (exact) mass is 742 g/mol. The third-order valence-corrected chi connectivity index (χ3v) is 9.70. The number of hydrogen-bond donors (Lipinski definition) is 3. The number of hydrogen-bond acceptors (Lipinski definition) is 9. The van der Waals surface area contributed by atoms with Crippen LogP contribution in [-0.2, 0) is 56.9 Å². The first-order valence-corrected chi connectivity index (χ1v) is 18.7. The minimum atomic E-state index is -0.798. The fourth-order valence-electron chi connectivity index (χ4n) is 6.35. The van der Waals surface area contributed by atoms with Crippen molar-refractivity contribution in [1.82, 2.24) is 0 Å². The number of carbonyl (C=O) groups excluding carboxylic acids is 1. The number of rotatable bonds is 9. The van der Waals surface area contributed by atoms with Crippen LogP contribution in [0.1, 0.15) is 122 Å². The highest BCUT2D eigenvalue weighted by Crippen LogP contribution is 2.39. The molecule has 10 nitrogen and oxygen atoms in total. The molecule has 0 aliphatic carbocycles. The quantitative estimate of drug-likeness (QED) is 0.215. The van der Waals surface area contributed by atoms with Gasteiger partial charge >= 0.3 is 11.9 Å². The molecule has 0 aromatic heterocycles. The molecule has 0 unspecified atom stereocenters. The molecule has 0 bridgehead atoms. The summed E-state index contributed by atoms with van der Waals surface area (Å²) < 4.78 is 29.8. The van der Waals surface area contributed by atoms with Crippen molar-refractivity contribution in [3.63, 3.8) is 0 Å². The molecule has 53 heavy (non-hydrogen) atoms. The van der Waals surface area contributed by atoms with Gasteiger partial charge in [-0.05, 0) is 70.9 Å². The first-order valence-electron chi connectivity index (χ1n) is 18.7. The number of esters is 1. The maximum absolute atomic E-state index is 12.5. The lowest BCUT2D eigenvalue weighted by Crippen LogP contribution is -2.56. The van der Waals surface area contributed by atoms with Crippen molar-refractivity contribution in [3.8, 4) is 11.5 Å². The van der Waals surface area contributed by atoms with Crippen LogP contribution in [0.3, 0.4) is 0 Å². The van der Waals surface area contributed by atoms with Gasteiger partial charge in [-0.1, -0.05) is 100 Å². The minimum Gasteiger partial charge on any atom is -0.507 e. The van der Waals surface area contributed by atoms with E-state index in [0.717, 1.165) is 33.4 Å². The van der Waals surface area contributed by atoms with Crippen LogP contribution in [0, 0.1) is 30.1 Å². The summed E-state index contributed by atoms with van der Waals surface area (Å²) in [5.74, 6) is -0.421. The Bertz CT molecular complexity index is 1550. The number of aliphatic carboxylic acids is 1. The van der Waals surface area contributed by atoms with Crippen molar-refractivity contribution in [2.24, 2.45) is 16.2 Å². The highest BCUT2D eigenvalue weighted by atomic mass is 16.7. The predicted molar refractivity (Wildman–Crippen MR) is 205 cm³/mol. The van der Waals surface area contributed by atoms with E-state index in [2.05, 4.69) is 41.5 Å². The van der Waals surface area contributed by atoms with Gasteiger partial charge in [-0.25, -0.2) is 0 Å². The highest BCUT2D eigenvalue weighted by Gasteiger charge is 2.47. The average molecular weight is 743 g/mol. The molecule has 2 aromatic carbocycles. The smallest absolute Gasteiger partial charge is 0.306 e. The number of carbonyl (C=O) groups is 2. The van der Waals surface area contributed by atoms with E-state index in [4.69, 9.17) is 28.8 Å². The van der Waals surface area contributed by atoms with Crippen LogP contribution in [0.4, 0.5) is 0 Å². The van der Waals surface area contributed by atoms with E-state index >= 15 is 0 Å². The van der Waals surface area contributed by atoms with Crippen LogP contribution in [0.15, 0.2) is 24.3 Å². The fraction of sp³-hybridized carbons (Fsp3) is 0.674. The SMILES string of the molecule is Cc1cc(CCC(=O)O)cc(C(C)(C)C)c1O.Cc1cc(CCC(=O)OCC(C)(C)C2OCC3(COC(C(C)(C)C)OC3)CO2)cc(C(C)(C)C)c1O. The summed E-state index contributed by atoms with van der Waals surface area (Å²) in [5.41, 5.74) is 4.15. The zero-order valence-corrected chi connectivity index (χ0v) is 34.5. The highest BCUT2D eigenvalue weighted by molar-refractivity contribution is 5.70. The maximum atomic E-state index is 12.5. The summed E-state index contributed by atoms with van der Waals surface area (Å²) in [5, 5.41) is 29.1. The number of aromatic hydroxyl groups is 2. The van der Waals surface area contributed by atoms with Crippen molar-refractivity contribution in [1.29, 1.82) is 0 Å². The zero-order valence-electron chi connectivity index (χ0n) is 34.5. The third kappa shape index (κ3) is 12.4. The standard InChI is InChI=1S/C29H46O7.C14H20O3/c1-19-12-20(13-21(23(19)31)26(2,3)4)10-11-22(30)32-14-28(8,9)25-35-17-29(18-36-25)15-33-24(34-16-29)27(5,6)7;1-9-7-10(5-6-12(15)16)8-11(13(9)17)14(2,3)4/h12-13,24-25,31H,10-11,14-18H2,1-9H3;7-8,17H,5-6H2,1-4H3,(H,15,16). The molecule has 2 heterocycles. The lowest BCUT2D eigenvalue weighted by atomic mass is 9.83. The number of carboxylic acids is 1. The summed E-state index contributed by atoms with van der Waals surface area (Å²) in [6, 6.07) is 7.68. The summed E-state index contributed by atoms with van der Waals surface area (Å²) in [6.45, 7) is 28.5. The van der Waals surface area contributed by atoms with Crippen LogP contribution >= 0.6 is 0 Å². The Morgan fingerprint density at radius 3 is 1.45 bits per heavy atom. The topological polar surface area (TPSA) is 141 Å². The van der Waals surface area contributed by atoms with Gasteiger partial charge < -0.3 is 39.0 Å². The summed E-state index contributed by atoms with van der Waals surface area (Å²) in [7, 11) is 0. The molecule has 0 saturated carbocycles. The number of carboxylic acid groups (broad SMARTS) is 1. The first kappa shape index (κ1) is 44.2. The number of aryl methyl sites for hydroxylation is 4. The fourth-order valence-corrected chi connectivity index (χ4v) is 6.35.